The molecule has 0 unspecified atom stereocenters. The van der Waals surface area contributed by atoms with Crippen LogP contribution in [0.5, 0.6) is 0 Å². The fraction of sp³-hybridized carbons (Fsp3) is 0.0870. The molecule has 0 amide bonds. The maximum atomic E-state index is 12.7. The van der Waals surface area contributed by atoms with Gasteiger partial charge in [-0.1, -0.05) is 42.5 Å². The van der Waals surface area contributed by atoms with Gasteiger partial charge in [0.05, 0.1) is 11.1 Å². The zero-order valence-corrected chi connectivity index (χ0v) is 14.8. The lowest BCUT2D eigenvalue weighted by Crippen LogP contribution is -2.18. The Hall–Kier alpha value is -3.71. The third kappa shape index (κ3) is 2.61. The molecule has 0 bridgehead atoms. The van der Waals surface area contributed by atoms with Gasteiger partial charge in [-0.15, -0.1) is 0 Å². The number of ketones is 2. The van der Waals surface area contributed by atoms with Crippen molar-refractivity contribution in [2.24, 2.45) is 0 Å². The smallest absolute Gasteiger partial charge is 0.199 e. The third-order valence-corrected chi connectivity index (χ3v) is 4.86. The van der Waals surface area contributed by atoms with Crippen LogP contribution in [0.25, 0.3) is 5.57 Å². The minimum Gasteiger partial charge on any atom is -0.348 e. The van der Waals surface area contributed by atoms with E-state index in [1.807, 2.05) is 36.5 Å². The Balaban J connectivity index is 1.87. The van der Waals surface area contributed by atoms with Crippen molar-refractivity contribution in [3.05, 3.63) is 94.7 Å². The molecule has 2 aromatic rings. The van der Waals surface area contributed by atoms with Crippen LogP contribution in [0.4, 0.5) is 5.69 Å². The highest BCUT2D eigenvalue weighted by Crippen LogP contribution is 2.35. The van der Waals surface area contributed by atoms with Gasteiger partial charge in [0.15, 0.2) is 11.6 Å². The summed E-state index contributed by atoms with van der Waals surface area (Å²) >= 11 is 0. The van der Waals surface area contributed by atoms with E-state index in [4.69, 9.17) is 0 Å². The molecule has 1 aliphatic carbocycles. The first-order valence-corrected chi connectivity index (χ1v) is 8.74. The topological polar surface area (TPSA) is 61.2 Å². The van der Waals surface area contributed by atoms with Crippen molar-refractivity contribution in [1.82, 2.24) is 0 Å². The first-order valence-electron chi connectivity index (χ1n) is 8.74. The Kier molecular flexibility index (Phi) is 4.06. The number of para-hydroxylation sites is 1. The summed E-state index contributed by atoms with van der Waals surface area (Å²) in [6.45, 7) is 2.88. The van der Waals surface area contributed by atoms with Crippen LogP contribution < -0.4 is 4.90 Å². The zero-order valence-electron chi connectivity index (χ0n) is 14.8. The fourth-order valence-corrected chi connectivity index (χ4v) is 3.52. The summed E-state index contributed by atoms with van der Waals surface area (Å²) in [5.74, 6) is -0.764. The van der Waals surface area contributed by atoms with Crippen LogP contribution >= 0.6 is 0 Å². The van der Waals surface area contributed by atoms with Crippen LogP contribution in [0.3, 0.4) is 0 Å². The van der Waals surface area contributed by atoms with E-state index in [2.05, 4.69) is 17.9 Å². The van der Waals surface area contributed by atoms with Gasteiger partial charge in [0, 0.05) is 35.1 Å². The van der Waals surface area contributed by atoms with E-state index in [1.54, 1.807) is 30.3 Å². The van der Waals surface area contributed by atoms with Crippen molar-refractivity contribution in [2.45, 2.75) is 6.92 Å². The van der Waals surface area contributed by atoms with E-state index < -0.39 is 0 Å². The number of carbonyl (C=O) groups excluding carboxylic acids is 2. The summed E-state index contributed by atoms with van der Waals surface area (Å²) in [6, 6.07) is 16.6. The lowest BCUT2D eigenvalue weighted by Gasteiger charge is -2.26. The van der Waals surface area contributed by atoms with Crippen LogP contribution in [0, 0.1) is 11.3 Å². The van der Waals surface area contributed by atoms with E-state index in [0.29, 0.717) is 11.1 Å². The van der Waals surface area contributed by atoms with Crippen molar-refractivity contribution < 1.29 is 9.59 Å². The lowest BCUT2D eigenvalue weighted by molar-refractivity contribution is 0.0988. The van der Waals surface area contributed by atoms with Crippen molar-refractivity contribution in [3.63, 3.8) is 0 Å². The molecule has 0 atom stereocenters. The van der Waals surface area contributed by atoms with Crippen LogP contribution in [0.15, 0.2) is 78.0 Å². The predicted octanol–water partition coefficient (Wildman–Crippen LogP) is 4.32. The quantitative estimate of drug-likeness (QED) is 0.459. The van der Waals surface area contributed by atoms with E-state index in [1.165, 1.54) is 0 Å². The third-order valence-electron chi connectivity index (χ3n) is 4.86. The highest BCUT2D eigenvalue weighted by atomic mass is 16.2. The Bertz CT molecular complexity index is 1080. The number of fused-ring (bicyclic) bond motifs is 2. The molecule has 0 saturated heterocycles. The maximum Gasteiger partial charge on any atom is 0.199 e. The molecule has 0 saturated carbocycles. The molecule has 1 heterocycles. The van der Waals surface area contributed by atoms with E-state index in [9.17, 15) is 14.9 Å². The minimum atomic E-state index is -0.382. The number of hydrogen-bond donors (Lipinski definition) is 0. The largest absolute Gasteiger partial charge is 0.348 e. The average Bonchev–Trinajstić information content (AvgIpc) is 2.97. The molecule has 2 aliphatic rings. The maximum absolute atomic E-state index is 12.7. The Morgan fingerprint density at radius 2 is 1.59 bits per heavy atom. The zero-order chi connectivity index (χ0) is 19.0. The van der Waals surface area contributed by atoms with Gasteiger partial charge in [0.1, 0.15) is 6.07 Å². The molecule has 130 valence electrons. The van der Waals surface area contributed by atoms with Crippen molar-refractivity contribution in [1.29, 1.82) is 5.26 Å². The van der Waals surface area contributed by atoms with Crippen molar-refractivity contribution in [3.8, 4) is 6.07 Å². The predicted molar refractivity (Wildman–Crippen MR) is 104 cm³/mol. The van der Waals surface area contributed by atoms with Gasteiger partial charge in [0.25, 0.3) is 0 Å². The van der Waals surface area contributed by atoms with Gasteiger partial charge in [-0.3, -0.25) is 9.59 Å². The molecule has 2 aromatic carbocycles. The van der Waals surface area contributed by atoms with E-state index >= 15 is 0 Å². The number of anilines is 1. The standard InChI is InChI=1S/C23H16N2O2/c1-2-25-12-11-15(17-7-5-6-10-20(17)25)13-16(14-24)21-22(26)18-8-3-4-9-19(18)23(21)27/h3-13H,2H2,1H3/b15-13+. The van der Waals surface area contributed by atoms with Crippen LogP contribution in [0.1, 0.15) is 33.2 Å². The van der Waals surface area contributed by atoms with Gasteiger partial charge in [-0.25, -0.2) is 0 Å². The van der Waals surface area contributed by atoms with Crippen molar-refractivity contribution in [2.75, 3.05) is 11.4 Å². The van der Waals surface area contributed by atoms with E-state index in [-0.39, 0.29) is 22.7 Å². The first kappa shape index (κ1) is 16.7. The summed E-state index contributed by atoms with van der Waals surface area (Å²) in [4.78, 5) is 27.5. The Morgan fingerprint density at radius 1 is 1.00 bits per heavy atom. The number of Topliss-reactive ketones (excluding diaryl/α,β-unsaturated/α-hetero) is 2. The highest BCUT2D eigenvalue weighted by Gasteiger charge is 2.35. The SMILES string of the molecule is CCN1C=C/C(=C\C(C#N)=C2C(=O)c3ccccc3C2=O)c2ccccc21. The Morgan fingerprint density at radius 3 is 2.19 bits per heavy atom. The molecular weight excluding hydrogens is 336 g/mol. The summed E-state index contributed by atoms with van der Waals surface area (Å²) in [7, 11) is 0. The summed E-state index contributed by atoms with van der Waals surface area (Å²) in [5, 5.41) is 9.69. The first-order chi connectivity index (χ1) is 13.2. The molecule has 0 aromatic heterocycles. The second kappa shape index (κ2) is 6.54. The van der Waals surface area contributed by atoms with Crippen molar-refractivity contribution >= 4 is 22.8 Å². The highest BCUT2D eigenvalue weighted by molar-refractivity contribution is 6.40. The summed E-state index contributed by atoms with van der Waals surface area (Å²) in [5.41, 5.74) is 3.57. The molecule has 0 N–H and O–H groups in total. The van der Waals surface area contributed by atoms with E-state index in [0.717, 1.165) is 23.4 Å². The van der Waals surface area contributed by atoms with Crippen LogP contribution in [-0.4, -0.2) is 18.1 Å². The minimum absolute atomic E-state index is 0.0463. The number of allylic oxidation sites excluding steroid dienone is 5. The monoisotopic (exact) mass is 352 g/mol. The molecule has 1 aliphatic heterocycles. The molecular formula is C23H16N2O2. The van der Waals surface area contributed by atoms with Crippen LogP contribution in [-0.2, 0) is 0 Å². The second-order valence-corrected chi connectivity index (χ2v) is 6.32. The Labute approximate surface area is 157 Å². The molecule has 0 fully saturated rings. The normalized spacial score (nSPS) is 16.4. The molecule has 4 heteroatoms. The van der Waals surface area contributed by atoms with Crippen LogP contribution in [0.2, 0.25) is 0 Å². The molecule has 27 heavy (non-hydrogen) atoms. The van der Waals surface area contributed by atoms with Gasteiger partial charge >= 0.3 is 0 Å². The molecule has 0 spiro atoms. The molecule has 4 nitrogen and oxygen atoms in total. The number of nitriles is 1. The molecule has 0 radical (unpaired) electrons. The van der Waals surface area contributed by atoms with Gasteiger partial charge in [-0.05, 0) is 30.7 Å². The summed E-state index contributed by atoms with van der Waals surface area (Å²) in [6.07, 6.45) is 5.49. The lowest BCUT2D eigenvalue weighted by atomic mass is 9.95. The average molecular weight is 352 g/mol. The summed E-state index contributed by atoms with van der Waals surface area (Å²) < 4.78 is 0. The van der Waals surface area contributed by atoms with Gasteiger partial charge in [-0.2, -0.15) is 5.26 Å². The number of rotatable bonds is 2. The second-order valence-electron chi connectivity index (χ2n) is 6.32. The number of hydrogen-bond acceptors (Lipinski definition) is 4. The van der Waals surface area contributed by atoms with Gasteiger partial charge in [0.2, 0.25) is 0 Å². The fourth-order valence-electron chi connectivity index (χ4n) is 3.52. The molecule has 4 rings (SSSR count). The number of benzene rings is 2. The number of carbonyl (C=O) groups is 2. The number of nitrogens with zero attached hydrogens (tertiary/aromatic N) is 2. The van der Waals surface area contributed by atoms with Gasteiger partial charge < -0.3 is 4.90 Å².